The molecule has 1 saturated heterocycles. The molecule has 0 aliphatic carbocycles. The van der Waals surface area contributed by atoms with Gasteiger partial charge in [-0.15, -0.1) is 0 Å². The van der Waals surface area contributed by atoms with Gasteiger partial charge >= 0.3 is 0 Å². The molecule has 0 radical (unpaired) electrons. The molecule has 17 heavy (non-hydrogen) atoms. The fourth-order valence-electron chi connectivity index (χ4n) is 1.90. The van der Waals surface area contributed by atoms with E-state index in [9.17, 15) is 4.79 Å². The molecule has 0 unspecified atom stereocenters. The molecular weight excluding hydrogens is 232 g/mol. The van der Waals surface area contributed by atoms with E-state index in [1.54, 1.807) is 0 Å². The summed E-state index contributed by atoms with van der Waals surface area (Å²) in [5.41, 5.74) is 0. The first kappa shape index (κ1) is 14.8. The van der Waals surface area contributed by atoms with Crippen LogP contribution < -0.4 is 10.6 Å². The van der Waals surface area contributed by atoms with Gasteiger partial charge in [0.1, 0.15) is 0 Å². The Morgan fingerprint density at radius 3 is 2.71 bits per heavy atom. The zero-order valence-corrected chi connectivity index (χ0v) is 11.9. The molecule has 0 atom stereocenters. The minimum absolute atomic E-state index is 0.135. The van der Waals surface area contributed by atoms with Gasteiger partial charge in [0.05, 0.1) is 6.54 Å². The van der Waals surface area contributed by atoms with E-state index >= 15 is 0 Å². The summed E-state index contributed by atoms with van der Waals surface area (Å²) >= 11 is 2.05. The Balaban J connectivity index is 1.95. The fraction of sp³-hybridized carbons (Fsp3) is 0.923. The van der Waals surface area contributed by atoms with Gasteiger partial charge in [0.2, 0.25) is 5.91 Å². The molecule has 1 amide bonds. The van der Waals surface area contributed by atoms with E-state index in [1.807, 2.05) is 11.8 Å². The molecule has 0 bridgehead atoms. The second-order valence-corrected chi connectivity index (χ2v) is 6.44. The fourth-order valence-corrected chi connectivity index (χ4v) is 3.11. The van der Waals surface area contributed by atoms with E-state index in [2.05, 4.69) is 24.5 Å². The number of hydrogen-bond acceptors (Lipinski definition) is 3. The number of nitrogens with one attached hydrogen (secondary N) is 2. The lowest BCUT2D eigenvalue weighted by atomic mass is 10.0. The second-order valence-electron chi connectivity index (χ2n) is 5.22. The Morgan fingerprint density at radius 1 is 1.35 bits per heavy atom. The summed E-state index contributed by atoms with van der Waals surface area (Å²) in [5.74, 6) is 4.14. The number of amides is 1. The molecule has 0 spiro atoms. The van der Waals surface area contributed by atoms with E-state index in [1.165, 1.54) is 24.3 Å². The number of carbonyl (C=O) groups excluding carboxylic acids is 1. The smallest absolute Gasteiger partial charge is 0.233 e. The van der Waals surface area contributed by atoms with Crippen molar-refractivity contribution in [2.75, 3.05) is 31.1 Å². The maximum absolute atomic E-state index is 11.5. The predicted octanol–water partition coefficient (Wildman–Crippen LogP) is 1.88. The van der Waals surface area contributed by atoms with Crippen molar-refractivity contribution >= 4 is 17.7 Å². The molecule has 100 valence electrons. The lowest BCUT2D eigenvalue weighted by Crippen LogP contribution is -2.37. The molecule has 3 nitrogen and oxygen atoms in total. The molecular formula is C13H26N2OS. The Labute approximate surface area is 109 Å². The number of hydrogen-bond donors (Lipinski definition) is 2. The molecule has 0 aromatic rings. The van der Waals surface area contributed by atoms with Crippen LogP contribution in [0.4, 0.5) is 0 Å². The van der Waals surface area contributed by atoms with E-state index in [0.29, 0.717) is 12.5 Å². The molecule has 0 aromatic heterocycles. The van der Waals surface area contributed by atoms with E-state index in [-0.39, 0.29) is 5.91 Å². The number of carbonyl (C=O) groups is 1. The first-order valence-corrected chi connectivity index (χ1v) is 7.89. The van der Waals surface area contributed by atoms with Gasteiger partial charge in [-0.05, 0) is 49.1 Å². The van der Waals surface area contributed by atoms with Gasteiger partial charge in [-0.3, -0.25) is 4.79 Å². The van der Waals surface area contributed by atoms with E-state index in [0.717, 1.165) is 25.4 Å². The zero-order chi connectivity index (χ0) is 12.5. The average Bonchev–Trinajstić information content (AvgIpc) is 2.30. The van der Waals surface area contributed by atoms with Crippen molar-refractivity contribution in [2.45, 2.75) is 33.1 Å². The van der Waals surface area contributed by atoms with Crippen LogP contribution >= 0.6 is 11.8 Å². The monoisotopic (exact) mass is 258 g/mol. The van der Waals surface area contributed by atoms with Crippen LogP contribution in [0.1, 0.15) is 33.1 Å². The molecule has 1 aliphatic rings. The highest BCUT2D eigenvalue weighted by molar-refractivity contribution is 7.99. The Kier molecular flexibility index (Phi) is 7.69. The maximum atomic E-state index is 11.5. The van der Waals surface area contributed by atoms with Crippen LogP contribution in [-0.4, -0.2) is 37.0 Å². The third kappa shape index (κ3) is 7.66. The minimum Gasteiger partial charge on any atom is -0.355 e. The van der Waals surface area contributed by atoms with Crippen LogP contribution in [0.15, 0.2) is 0 Å². The van der Waals surface area contributed by atoms with Gasteiger partial charge < -0.3 is 10.6 Å². The Bertz CT molecular complexity index is 215. The van der Waals surface area contributed by atoms with Crippen LogP contribution in [0, 0.1) is 11.8 Å². The average molecular weight is 258 g/mol. The van der Waals surface area contributed by atoms with Crippen molar-refractivity contribution in [3.05, 3.63) is 0 Å². The van der Waals surface area contributed by atoms with Gasteiger partial charge in [0, 0.05) is 6.54 Å². The molecule has 0 saturated carbocycles. The summed E-state index contributed by atoms with van der Waals surface area (Å²) < 4.78 is 0. The molecule has 4 heteroatoms. The van der Waals surface area contributed by atoms with Crippen LogP contribution in [0.5, 0.6) is 0 Å². The molecule has 2 N–H and O–H groups in total. The summed E-state index contributed by atoms with van der Waals surface area (Å²) in [4.78, 5) is 11.5. The van der Waals surface area contributed by atoms with Gasteiger partial charge in [-0.2, -0.15) is 11.8 Å². The zero-order valence-electron chi connectivity index (χ0n) is 11.1. The van der Waals surface area contributed by atoms with Crippen LogP contribution in [-0.2, 0) is 4.79 Å². The molecule has 1 heterocycles. The first-order valence-electron chi connectivity index (χ1n) is 6.73. The van der Waals surface area contributed by atoms with Crippen molar-refractivity contribution in [3.63, 3.8) is 0 Å². The summed E-state index contributed by atoms with van der Waals surface area (Å²) in [6.45, 7) is 6.62. The third-order valence-electron chi connectivity index (χ3n) is 3.10. The summed E-state index contributed by atoms with van der Waals surface area (Å²) in [6, 6.07) is 0. The number of rotatable bonds is 7. The van der Waals surface area contributed by atoms with Gasteiger partial charge in [0.15, 0.2) is 0 Å². The van der Waals surface area contributed by atoms with E-state index < -0.39 is 0 Å². The molecule has 0 aromatic carbocycles. The van der Waals surface area contributed by atoms with Crippen molar-refractivity contribution < 1.29 is 4.79 Å². The highest BCUT2D eigenvalue weighted by Gasteiger charge is 2.13. The normalized spacial score (nSPS) is 17.4. The van der Waals surface area contributed by atoms with Crippen molar-refractivity contribution in [3.8, 4) is 0 Å². The van der Waals surface area contributed by atoms with Crippen molar-refractivity contribution in [1.29, 1.82) is 0 Å². The topological polar surface area (TPSA) is 41.1 Å². The lowest BCUT2D eigenvalue weighted by Gasteiger charge is -2.21. The molecule has 1 rings (SSSR count). The summed E-state index contributed by atoms with van der Waals surface area (Å²) in [6.07, 6.45) is 3.66. The van der Waals surface area contributed by atoms with Crippen LogP contribution in [0.2, 0.25) is 0 Å². The second kappa shape index (κ2) is 8.81. The lowest BCUT2D eigenvalue weighted by molar-refractivity contribution is -0.120. The van der Waals surface area contributed by atoms with Crippen molar-refractivity contribution in [1.82, 2.24) is 10.6 Å². The number of thioether (sulfide) groups is 1. The summed E-state index contributed by atoms with van der Waals surface area (Å²) in [5, 5.41) is 6.22. The highest BCUT2D eigenvalue weighted by Crippen LogP contribution is 2.21. The first-order chi connectivity index (χ1) is 8.18. The molecule has 1 fully saturated rings. The maximum Gasteiger partial charge on any atom is 0.233 e. The standard InChI is InChI=1S/C13H26N2OS/c1-11(2)3-6-15-13(16)10-14-9-12-4-7-17-8-5-12/h11-12,14H,3-10H2,1-2H3,(H,15,16). The minimum atomic E-state index is 0.135. The molecule has 1 aliphatic heterocycles. The Hall–Kier alpha value is -0.220. The SMILES string of the molecule is CC(C)CCNC(=O)CNCC1CCSCC1. The van der Waals surface area contributed by atoms with E-state index in [4.69, 9.17) is 0 Å². The predicted molar refractivity (Wildman–Crippen MR) is 75.4 cm³/mol. The van der Waals surface area contributed by atoms with Gasteiger partial charge in [-0.1, -0.05) is 13.8 Å². The van der Waals surface area contributed by atoms with Gasteiger partial charge in [0.25, 0.3) is 0 Å². The Morgan fingerprint density at radius 2 is 2.06 bits per heavy atom. The summed E-state index contributed by atoms with van der Waals surface area (Å²) in [7, 11) is 0. The van der Waals surface area contributed by atoms with Gasteiger partial charge in [-0.25, -0.2) is 0 Å². The largest absolute Gasteiger partial charge is 0.355 e. The van der Waals surface area contributed by atoms with Crippen LogP contribution in [0.25, 0.3) is 0 Å². The van der Waals surface area contributed by atoms with Crippen LogP contribution in [0.3, 0.4) is 0 Å². The third-order valence-corrected chi connectivity index (χ3v) is 4.15. The highest BCUT2D eigenvalue weighted by atomic mass is 32.2. The van der Waals surface area contributed by atoms with Crippen molar-refractivity contribution in [2.24, 2.45) is 11.8 Å². The quantitative estimate of drug-likeness (QED) is 0.732.